The topological polar surface area (TPSA) is 104 Å². The van der Waals surface area contributed by atoms with Gasteiger partial charge in [0.05, 0.1) is 65.1 Å². The van der Waals surface area contributed by atoms with Gasteiger partial charge in [-0.05, 0) is 37.0 Å². The lowest BCUT2D eigenvalue weighted by molar-refractivity contribution is 0.0395. The molecule has 0 unspecified atom stereocenters. The van der Waals surface area contributed by atoms with Crippen LogP contribution in [0.25, 0.3) is 27.9 Å². The van der Waals surface area contributed by atoms with Gasteiger partial charge in [-0.25, -0.2) is 9.37 Å². The molecule has 196 valence electrons. The number of nitrogens with one attached hydrogen (secondary N) is 2. The highest BCUT2D eigenvalue weighted by Gasteiger charge is 2.51. The highest BCUT2D eigenvalue weighted by Crippen LogP contribution is 2.51. The van der Waals surface area contributed by atoms with Crippen molar-refractivity contribution < 1.29 is 9.50 Å². The molecule has 1 aromatic carbocycles. The van der Waals surface area contributed by atoms with Gasteiger partial charge in [-0.3, -0.25) is 4.98 Å². The van der Waals surface area contributed by atoms with Crippen molar-refractivity contribution in [2.75, 3.05) is 5.32 Å². The van der Waals surface area contributed by atoms with Gasteiger partial charge in [0.1, 0.15) is 5.82 Å². The van der Waals surface area contributed by atoms with Gasteiger partial charge in [0.25, 0.3) is 0 Å². The van der Waals surface area contributed by atoms with E-state index in [9.17, 15) is 9.50 Å². The van der Waals surface area contributed by atoms with Crippen LogP contribution in [-0.2, 0) is 18.4 Å². The summed E-state index contributed by atoms with van der Waals surface area (Å²) in [5.74, 6) is 0.343. The first kappa shape index (κ1) is 26.7. The van der Waals surface area contributed by atoms with E-state index in [0.29, 0.717) is 28.5 Å². The number of aryl methyl sites for hydroxylation is 1. The average Bonchev–Trinajstić information content (AvgIpc) is 3.48. The first-order chi connectivity index (χ1) is 18.9. The van der Waals surface area contributed by atoms with Crippen molar-refractivity contribution in [3.05, 3.63) is 71.6 Å². The predicted octanol–water partition coefficient (Wildman–Crippen LogP) is -2.09. The maximum Gasteiger partial charge on any atom is 0.228 e. The molecule has 0 spiro atoms. The average molecular weight is 528 g/mol. The number of fused-ring (bicyclic) bond motifs is 4. The van der Waals surface area contributed by atoms with Crippen molar-refractivity contribution in [1.29, 1.82) is 0 Å². The van der Waals surface area contributed by atoms with Crippen LogP contribution >= 0.6 is 0 Å². The number of H-pyrrole nitrogens is 1. The predicted molar refractivity (Wildman–Crippen MR) is 172 cm³/mol. The number of pyridine rings is 1. The Kier molecular flexibility index (Phi) is 6.21. The quantitative estimate of drug-likeness (QED) is 0.219. The molecule has 0 saturated heterocycles. The molecule has 15 heteroatoms. The zero-order chi connectivity index (χ0) is 28.4. The molecule has 4 aromatic heterocycles. The molecule has 0 bridgehead atoms. The summed E-state index contributed by atoms with van der Waals surface area (Å²) in [6, 6.07) is 9.85. The molecule has 1 atom stereocenters. The van der Waals surface area contributed by atoms with Crippen LogP contribution in [0.5, 0.6) is 0 Å². The monoisotopic (exact) mass is 529 g/mol. The summed E-state index contributed by atoms with van der Waals surface area (Å²) in [4.78, 5) is 17.2. The molecular formula is C25H30B6FN7O. The lowest BCUT2D eigenvalue weighted by Crippen LogP contribution is -2.52. The van der Waals surface area contributed by atoms with Gasteiger partial charge in [0, 0.05) is 40.0 Å². The largest absolute Gasteiger partial charge is 0.388 e. The number of anilines is 1. The lowest BCUT2D eigenvalue weighted by atomic mass is 9.22. The Morgan fingerprint density at radius 3 is 2.50 bits per heavy atom. The highest BCUT2D eigenvalue weighted by atomic mass is 19.1. The fourth-order valence-corrected chi connectivity index (χ4v) is 6.50. The van der Waals surface area contributed by atoms with Crippen LogP contribution in [0.15, 0.2) is 48.9 Å². The fourth-order valence-electron chi connectivity index (χ4n) is 6.50. The van der Waals surface area contributed by atoms with Crippen LogP contribution in [0.3, 0.4) is 0 Å². The van der Waals surface area contributed by atoms with Crippen LogP contribution < -0.4 is 5.32 Å². The number of aromatic nitrogens is 6. The Morgan fingerprint density at radius 1 is 1.02 bits per heavy atom. The first-order valence-corrected chi connectivity index (χ1v) is 13.8. The van der Waals surface area contributed by atoms with E-state index in [0.717, 1.165) is 31.0 Å². The minimum absolute atomic E-state index is 0.0973. The first-order valence-electron chi connectivity index (χ1n) is 13.8. The lowest BCUT2D eigenvalue weighted by Gasteiger charge is -2.50. The molecular weight excluding hydrogens is 498 g/mol. The van der Waals surface area contributed by atoms with E-state index in [4.69, 9.17) is 9.97 Å². The zero-order valence-electron chi connectivity index (χ0n) is 23.9. The molecule has 0 amide bonds. The van der Waals surface area contributed by atoms with E-state index in [1.54, 1.807) is 16.9 Å². The fraction of sp³-hybridized carbons (Fsp3) is 0.280. The molecule has 40 heavy (non-hydrogen) atoms. The van der Waals surface area contributed by atoms with Gasteiger partial charge in [0.15, 0.2) is 11.5 Å². The van der Waals surface area contributed by atoms with Crippen molar-refractivity contribution in [2.24, 2.45) is 0 Å². The normalized spacial score (nSPS) is 16.3. The maximum absolute atomic E-state index is 14.2. The Labute approximate surface area is 237 Å². The van der Waals surface area contributed by atoms with Gasteiger partial charge in [0.2, 0.25) is 5.95 Å². The van der Waals surface area contributed by atoms with Crippen molar-refractivity contribution in [3.8, 4) is 11.4 Å². The summed E-state index contributed by atoms with van der Waals surface area (Å²) >= 11 is 0. The van der Waals surface area contributed by atoms with Crippen molar-refractivity contribution in [1.82, 2.24) is 29.5 Å². The second-order valence-electron chi connectivity index (χ2n) is 13.0. The Hall–Kier alpha value is -3.46. The van der Waals surface area contributed by atoms with Crippen LogP contribution in [0, 0.1) is 5.82 Å². The molecule has 5 aromatic rings. The van der Waals surface area contributed by atoms with Crippen LogP contribution in [0.2, 0.25) is 10.2 Å². The molecule has 8 nitrogen and oxygen atoms in total. The van der Waals surface area contributed by atoms with Crippen molar-refractivity contribution >= 4 is 69.6 Å². The zero-order valence-corrected chi connectivity index (χ0v) is 23.9. The summed E-state index contributed by atoms with van der Waals surface area (Å²) in [5, 5.41) is 20.8. The number of halogens is 1. The second kappa shape index (κ2) is 9.29. The molecule has 3 N–H and O–H groups in total. The number of hydrogen-bond donors (Lipinski definition) is 3. The number of hydrogen-bond acceptors (Lipinski definition) is 6. The summed E-state index contributed by atoms with van der Waals surface area (Å²) < 4.78 is 15.9. The highest BCUT2D eigenvalue weighted by molar-refractivity contribution is 6.65. The summed E-state index contributed by atoms with van der Waals surface area (Å²) in [6.45, 7) is 0. The van der Waals surface area contributed by atoms with E-state index in [1.807, 2.05) is 53.1 Å². The van der Waals surface area contributed by atoms with Crippen LogP contribution in [0.4, 0.5) is 10.3 Å². The number of aromatic amines is 1. The number of aliphatic hydroxyl groups is 1. The molecule has 0 fully saturated rings. The Bertz CT molecular complexity index is 1730. The third kappa shape index (κ3) is 4.26. The number of para-hydroxylation sites is 1. The molecule has 0 radical (unpaired) electrons. The molecule has 6 rings (SSSR count). The number of rotatable bonds is 6. The molecule has 0 aliphatic heterocycles. The summed E-state index contributed by atoms with van der Waals surface area (Å²) in [7, 11) is 12.1. The van der Waals surface area contributed by atoms with Crippen molar-refractivity contribution in [3.63, 3.8) is 0 Å². The third-order valence-electron chi connectivity index (χ3n) is 8.32. The molecule has 4 heterocycles. The van der Waals surface area contributed by atoms with Gasteiger partial charge in [-0.2, -0.15) is 14.6 Å². The SMILES string of the molecule is BC(B)(B)C(O)(c1cnn2c(N[C@@H]3CCc4[nH]c5ccccc5c4C3)nc(-c3cncc(F)c3)nc12)C(B)(B)B. The van der Waals surface area contributed by atoms with E-state index >= 15 is 0 Å². The van der Waals surface area contributed by atoms with E-state index in [-0.39, 0.29) is 6.04 Å². The van der Waals surface area contributed by atoms with E-state index < -0.39 is 21.6 Å². The van der Waals surface area contributed by atoms with E-state index in [1.165, 1.54) is 22.7 Å². The van der Waals surface area contributed by atoms with E-state index in [2.05, 4.69) is 38.6 Å². The number of nitrogens with zero attached hydrogens (tertiary/aromatic N) is 5. The van der Waals surface area contributed by atoms with Crippen LogP contribution in [0.1, 0.15) is 23.2 Å². The van der Waals surface area contributed by atoms with Gasteiger partial charge in [-0.1, -0.05) is 28.4 Å². The Morgan fingerprint density at radius 2 is 1.77 bits per heavy atom. The standard InChI is InChI=1S/C25H30B6FN7O/c26-24(27,28)23(40,25(29,30)31)17-11-34-39-21(17)37-20(12-7-13(32)10-33-9-12)38-22(39)35-14-5-6-19-16(8-14)15-3-1-2-4-18(15)36-19/h1-4,7,9-11,14,36,40H,5-6,8,26-31H2,(H,35,37,38)/t14-/m1/s1. The summed E-state index contributed by atoms with van der Waals surface area (Å²) in [5.41, 5.74) is 4.00. The third-order valence-corrected chi connectivity index (χ3v) is 8.32. The number of benzene rings is 1. The second-order valence-corrected chi connectivity index (χ2v) is 13.0. The van der Waals surface area contributed by atoms with Gasteiger partial charge >= 0.3 is 0 Å². The Balaban J connectivity index is 1.49. The summed E-state index contributed by atoms with van der Waals surface area (Å²) in [6.07, 6.45) is 7.04. The van der Waals surface area contributed by atoms with Crippen LogP contribution in [-0.4, -0.2) is 87.8 Å². The smallest absolute Gasteiger partial charge is 0.228 e. The maximum atomic E-state index is 14.2. The van der Waals surface area contributed by atoms with Gasteiger partial charge in [-0.15, -0.1) is 0 Å². The molecule has 1 aliphatic rings. The molecule has 1 aliphatic carbocycles. The minimum atomic E-state index is -1.28. The van der Waals surface area contributed by atoms with Crippen molar-refractivity contribution in [2.45, 2.75) is 41.1 Å². The minimum Gasteiger partial charge on any atom is -0.388 e. The molecule has 0 saturated carbocycles. The van der Waals surface area contributed by atoms with Gasteiger partial charge < -0.3 is 15.4 Å².